The number of rotatable bonds is 10. The van der Waals surface area contributed by atoms with Crippen LogP contribution in [0.25, 0.3) is 0 Å². The van der Waals surface area contributed by atoms with E-state index in [0.29, 0.717) is 12.8 Å². The number of ketones is 1. The van der Waals surface area contributed by atoms with Gasteiger partial charge in [0.1, 0.15) is 0 Å². The maximum absolute atomic E-state index is 12.4. The van der Waals surface area contributed by atoms with Crippen LogP contribution in [0.3, 0.4) is 0 Å². The second-order valence-corrected chi connectivity index (χ2v) is 8.08. The van der Waals surface area contributed by atoms with Gasteiger partial charge in [0.15, 0.2) is 18.0 Å². The number of amides is 1. The van der Waals surface area contributed by atoms with E-state index in [9.17, 15) is 14.4 Å². The molecule has 138 valence electrons. The maximum Gasteiger partial charge on any atom is 0.338 e. The van der Waals surface area contributed by atoms with Crippen LogP contribution in [0.5, 0.6) is 0 Å². The molecule has 3 atom stereocenters. The molecule has 6 nitrogen and oxygen atoms in total. The first-order chi connectivity index (χ1) is 11.2. The van der Waals surface area contributed by atoms with Gasteiger partial charge >= 0.3 is 5.97 Å². The lowest BCUT2D eigenvalue weighted by atomic mass is 9.88. The molecule has 1 aliphatic heterocycles. The van der Waals surface area contributed by atoms with Gasteiger partial charge in [-0.3, -0.25) is 9.59 Å². The number of esters is 1. The molecule has 1 aliphatic rings. The van der Waals surface area contributed by atoms with Gasteiger partial charge in [-0.25, -0.2) is 4.79 Å². The third-order valence-electron chi connectivity index (χ3n) is 3.71. The highest BCUT2D eigenvalue weighted by molar-refractivity contribution is 7.98. The van der Waals surface area contributed by atoms with E-state index in [1.54, 1.807) is 18.7 Å². The number of hydrogen-bond acceptors (Lipinski definition) is 6. The first-order valence-electron chi connectivity index (χ1n) is 8.33. The Hall–Kier alpha value is -1.08. The van der Waals surface area contributed by atoms with Crippen molar-refractivity contribution in [2.75, 3.05) is 18.6 Å². The number of thioether (sulfide) groups is 1. The number of Topliss-reactive ketones (excluding diaryl/α,β-unsaturated/α-hetero) is 1. The summed E-state index contributed by atoms with van der Waals surface area (Å²) in [6.45, 7) is 8.18. The van der Waals surface area contributed by atoms with Gasteiger partial charge in [0.05, 0.1) is 12.6 Å². The van der Waals surface area contributed by atoms with E-state index in [1.165, 1.54) is 0 Å². The largest absolute Gasteiger partial charge is 0.464 e. The van der Waals surface area contributed by atoms with E-state index in [-0.39, 0.29) is 17.8 Å². The molecule has 0 unspecified atom stereocenters. The smallest absolute Gasteiger partial charge is 0.338 e. The van der Waals surface area contributed by atoms with Crippen LogP contribution in [0.15, 0.2) is 0 Å². The van der Waals surface area contributed by atoms with Gasteiger partial charge in [0.2, 0.25) is 0 Å². The Morgan fingerprint density at radius 3 is 2.46 bits per heavy atom. The van der Waals surface area contributed by atoms with Gasteiger partial charge in [-0.1, -0.05) is 20.8 Å². The van der Waals surface area contributed by atoms with Crippen LogP contribution in [0.2, 0.25) is 0 Å². The SMILES string of the molecule is CCOC(=O)[C@H]1O[C@@H]1C(=O)N[C@@H](CCSC)C(=O)CCC(C)(C)C. The molecule has 0 aromatic rings. The fourth-order valence-electron chi connectivity index (χ4n) is 2.19. The second kappa shape index (κ2) is 9.42. The normalized spacial score (nSPS) is 21.0. The molecule has 0 radical (unpaired) electrons. The van der Waals surface area contributed by atoms with Crippen LogP contribution in [-0.2, 0) is 23.9 Å². The Morgan fingerprint density at radius 1 is 1.25 bits per heavy atom. The first-order valence-corrected chi connectivity index (χ1v) is 9.73. The van der Waals surface area contributed by atoms with E-state index < -0.39 is 30.1 Å². The molecule has 1 amide bonds. The zero-order chi connectivity index (χ0) is 18.3. The Kier molecular flexibility index (Phi) is 8.22. The van der Waals surface area contributed by atoms with E-state index in [4.69, 9.17) is 9.47 Å². The van der Waals surface area contributed by atoms with Crippen molar-refractivity contribution in [3.05, 3.63) is 0 Å². The van der Waals surface area contributed by atoms with Crippen LogP contribution in [0.4, 0.5) is 0 Å². The fraction of sp³-hybridized carbons (Fsp3) is 0.824. The lowest BCUT2D eigenvalue weighted by Crippen LogP contribution is -2.44. The minimum atomic E-state index is -0.837. The zero-order valence-corrected chi connectivity index (χ0v) is 16.0. The average molecular weight is 359 g/mol. The van der Waals surface area contributed by atoms with Crippen molar-refractivity contribution >= 4 is 29.4 Å². The Morgan fingerprint density at radius 2 is 1.92 bits per heavy atom. The summed E-state index contributed by atoms with van der Waals surface area (Å²) in [5.41, 5.74) is 0.0678. The summed E-state index contributed by atoms with van der Waals surface area (Å²) in [6.07, 6.45) is 2.05. The van der Waals surface area contributed by atoms with Crippen molar-refractivity contribution in [2.24, 2.45) is 5.41 Å². The first kappa shape index (κ1) is 21.0. The summed E-state index contributed by atoms with van der Waals surface area (Å²) in [6, 6.07) is -0.528. The minimum absolute atomic E-state index is 0.0284. The summed E-state index contributed by atoms with van der Waals surface area (Å²) < 4.78 is 9.91. The minimum Gasteiger partial charge on any atom is -0.464 e. The number of ether oxygens (including phenoxy) is 2. The van der Waals surface area contributed by atoms with E-state index >= 15 is 0 Å². The molecule has 7 heteroatoms. The lowest BCUT2D eigenvalue weighted by molar-refractivity contribution is -0.144. The predicted octanol–water partition coefficient (Wildman–Crippen LogP) is 1.95. The molecule has 1 heterocycles. The number of nitrogens with one attached hydrogen (secondary N) is 1. The molecule has 0 saturated carbocycles. The monoisotopic (exact) mass is 359 g/mol. The molecular formula is C17H29NO5S. The van der Waals surface area contributed by atoms with Gasteiger partial charge < -0.3 is 14.8 Å². The molecule has 1 N–H and O–H groups in total. The highest BCUT2D eigenvalue weighted by Gasteiger charge is 2.52. The van der Waals surface area contributed by atoms with Crippen LogP contribution < -0.4 is 5.32 Å². The van der Waals surface area contributed by atoms with Crippen LogP contribution >= 0.6 is 11.8 Å². The quantitative estimate of drug-likeness (QED) is 0.474. The highest BCUT2D eigenvalue weighted by Crippen LogP contribution is 2.25. The summed E-state index contributed by atoms with van der Waals surface area (Å²) in [5.74, 6) is -0.139. The summed E-state index contributed by atoms with van der Waals surface area (Å²) in [5, 5.41) is 2.74. The number of carbonyl (C=O) groups is 3. The highest BCUT2D eigenvalue weighted by atomic mass is 32.2. The van der Waals surface area contributed by atoms with Crippen molar-refractivity contribution in [3.63, 3.8) is 0 Å². The van der Waals surface area contributed by atoms with Crippen LogP contribution in [0.1, 0.15) is 47.0 Å². The van der Waals surface area contributed by atoms with Crippen LogP contribution in [0, 0.1) is 5.41 Å². The second-order valence-electron chi connectivity index (χ2n) is 7.10. The standard InChI is InChI=1S/C17H29NO5S/c1-6-22-16(21)14-13(23-14)15(20)18-11(8-10-24-5)12(19)7-9-17(2,3)4/h11,13-14H,6-10H2,1-5H3,(H,18,20)/t11-,13-,14-/m0/s1. The van der Waals surface area contributed by atoms with Gasteiger partial charge in [0, 0.05) is 6.42 Å². The summed E-state index contributed by atoms with van der Waals surface area (Å²) >= 11 is 1.63. The van der Waals surface area contributed by atoms with E-state index in [0.717, 1.165) is 12.2 Å². The molecule has 1 rings (SSSR count). The third kappa shape index (κ3) is 7.21. The number of epoxide rings is 1. The molecule has 0 bridgehead atoms. The van der Waals surface area contributed by atoms with Gasteiger partial charge in [0.25, 0.3) is 5.91 Å². The van der Waals surface area contributed by atoms with Crippen molar-refractivity contribution in [1.29, 1.82) is 0 Å². The fourth-order valence-corrected chi connectivity index (χ4v) is 2.66. The van der Waals surface area contributed by atoms with E-state index in [2.05, 4.69) is 26.1 Å². The van der Waals surface area contributed by atoms with Crippen molar-refractivity contribution in [2.45, 2.75) is 65.2 Å². The van der Waals surface area contributed by atoms with Crippen LogP contribution in [-0.4, -0.2) is 54.5 Å². The lowest BCUT2D eigenvalue weighted by Gasteiger charge is -2.21. The molecule has 0 aliphatic carbocycles. The Balaban J connectivity index is 2.55. The maximum atomic E-state index is 12.4. The van der Waals surface area contributed by atoms with Crippen molar-refractivity contribution in [3.8, 4) is 0 Å². The molecule has 1 saturated heterocycles. The van der Waals surface area contributed by atoms with Crippen molar-refractivity contribution < 1.29 is 23.9 Å². The van der Waals surface area contributed by atoms with Gasteiger partial charge in [-0.15, -0.1) is 0 Å². The molecule has 0 aromatic heterocycles. The molecule has 24 heavy (non-hydrogen) atoms. The topological polar surface area (TPSA) is 85.0 Å². The number of hydrogen-bond donors (Lipinski definition) is 1. The predicted molar refractivity (Wildman–Crippen MR) is 93.9 cm³/mol. The molecule has 0 aromatic carbocycles. The number of carbonyl (C=O) groups excluding carboxylic acids is 3. The van der Waals surface area contributed by atoms with Gasteiger partial charge in [-0.05, 0) is 37.2 Å². The Labute approximate surface area is 148 Å². The average Bonchev–Trinajstić information content (AvgIpc) is 3.29. The summed E-state index contributed by atoms with van der Waals surface area (Å²) in [4.78, 5) is 36.2. The van der Waals surface area contributed by atoms with E-state index in [1.807, 2.05) is 6.26 Å². The molecule has 1 fully saturated rings. The third-order valence-corrected chi connectivity index (χ3v) is 4.35. The summed E-state index contributed by atoms with van der Waals surface area (Å²) in [7, 11) is 0. The Bertz CT molecular complexity index is 460. The molecular weight excluding hydrogens is 330 g/mol. The van der Waals surface area contributed by atoms with Crippen molar-refractivity contribution in [1.82, 2.24) is 5.32 Å². The zero-order valence-electron chi connectivity index (χ0n) is 15.2. The molecule has 0 spiro atoms. The van der Waals surface area contributed by atoms with Gasteiger partial charge in [-0.2, -0.15) is 11.8 Å².